The van der Waals surface area contributed by atoms with Gasteiger partial charge in [-0.2, -0.15) is 0 Å². The van der Waals surface area contributed by atoms with Crippen molar-refractivity contribution in [1.29, 1.82) is 0 Å². The summed E-state index contributed by atoms with van der Waals surface area (Å²) in [7, 11) is 0. The molecule has 3 rings (SSSR count). The molecule has 0 saturated carbocycles. The van der Waals surface area contributed by atoms with Crippen molar-refractivity contribution in [2.75, 3.05) is 5.32 Å². The first-order valence-electron chi connectivity index (χ1n) is 8.36. The van der Waals surface area contributed by atoms with E-state index in [1.165, 1.54) is 0 Å². The molecule has 3 N–H and O–H groups in total. The van der Waals surface area contributed by atoms with Crippen LogP contribution >= 0.6 is 0 Å². The molecule has 1 unspecified atom stereocenters. The summed E-state index contributed by atoms with van der Waals surface area (Å²) in [6.07, 6.45) is 1.57. The van der Waals surface area contributed by atoms with Crippen molar-refractivity contribution < 1.29 is 29.1 Å². The third-order valence-corrected chi connectivity index (χ3v) is 4.31. The molecule has 1 aromatic rings. The highest BCUT2D eigenvalue weighted by Gasteiger charge is 2.42. The van der Waals surface area contributed by atoms with Crippen molar-refractivity contribution in [3.05, 3.63) is 41.6 Å². The lowest BCUT2D eigenvalue weighted by atomic mass is 10.0. The number of rotatable bonds is 6. The highest BCUT2D eigenvalue weighted by molar-refractivity contribution is 6.20. The fourth-order valence-electron chi connectivity index (χ4n) is 3.01. The van der Waals surface area contributed by atoms with E-state index >= 15 is 0 Å². The van der Waals surface area contributed by atoms with E-state index in [0.717, 1.165) is 16.5 Å². The summed E-state index contributed by atoms with van der Waals surface area (Å²) in [5.41, 5.74) is 1.30. The van der Waals surface area contributed by atoms with Crippen LogP contribution in [-0.2, 0) is 30.4 Å². The summed E-state index contributed by atoms with van der Waals surface area (Å²) in [6, 6.07) is 5.83. The van der Waals surface area contributed by atoms with Crippen LogP contribution in [0.1, 0.15) is 24.8 Å². The van der Waals surface area contributed by atoms with Crippen LogP contribution in [0.5, 0.6) is 0 Å². The number of hydrogen-bond acceptors (Lipinski definition) is 6. The monoisotopic (exact) mass is 371 g/mol. The minimum absolute atomic E-state index is 0.0140. The molecule has 2 aliphatic rings. The number of amides is 4. The van der Waals surface area contributed by atoms with Crippen LogP contribution in [0.2, 0.25) is 0 Å². The van der Waals surface area contributed by atoms with E-state index in [-0.39, 0.29) is 25.0 Å². The van der Waals surface area contributed by atoms with E-state index in [0.29, 0.717) is 12.1 Å². The van der Waals surface area contributed by atoms with Crippen LogP contribution in [0.3, 0.4) is 0 Å². The van der Waals surface area contributed by atoms with Gasteiger partial charge in [-0.3, -0.25) is 34.2 Å². The number of aliphatic carboxylic acids is 1. The van der Waals surface area contributed by atoms with Crippen molar-refractivity contribution in [3.8, 4) is 0 Å². The average Bonchev–Trinajstić information content (AvgIpc) is 2.88. The first-order valence-corrected chi connectivity index (χ1v) is 8.36. The molecule has 140 valence electrons. The van der Waals surface area contributed by atoms with Gasteiger partial charge in [0.15, 0.2) is 0 Å². The van der Waals surface area contributed by atoms with Gasteiger partial charge in [-0.05, 0) is 30.5 Å². The molecule has 0 radical (unpaired) electrons. The summed E-state index contributed by atoms with van der Waals surface area (Å²) in [5.74, 6) is -3.28. The second kappa shape index (κ2) is 7.40. The molecule has 9 heteroatoms. The highest BCUT2D eigenvalue weighted by Crippen LogP contribution is 2.23. The summed E-state index contributed by atoms with van der Waals surface area (Å²) in [6.45, 7) is 0. The van der Waals surface area contributed by atoms with Crippen LogP contribution < -0.4 is 10.6 Å². The zero-order valence-corrected chi connectivity index (χ0v) is 14.2. The fourth-order valence-corrected chi connectivity index (χ4v) is 3.01. The lowest BCUT2D eigenvalue weighted by molar-refractivity contribution is -0.149. The molecular weight excluding hydrogens is 354 g/mol. The molecule has 1 atom stereocenters. The van der Waals surface area contributed by atoms with Crippen molar-refractivity contribution in [1.82, 2.24) is 10.2 Å². The molecule has 2 aliphatic heterocycles. The Morgan fingerprint density at radius 1 is 1.26 bits per heavy atom. The van der Waals surface area contributed by atoms with Crippen LogP contribution in [0.25, 0.3) is 0 Å². The first-order chi connectivity index (χ1) is 12.8. The van der Waals surface area contributed by atoms with Gasteiger partial charge in [-0.25, -0.2) is 0 Å². The molecule has 4 amide bonds. The molecule has 9 nitrogen and oxygen atoms in total. The zero-order valence-electron chi connectivity index (χ0n) is 14.2. The third-order valence-electron chi connectivity index (χ3n) is 4.31. The Morgan fingerprint density at radius 2 is 2.04 bits per heavy atom. The van der Waals surface area contributed by atoms with Crippen molar-refractivity contribution in [2.24, 2.45) is 0 Å². The van der Waals surface area contributed by atoms with Crippen molar-refractivity contribution in [3.63, 3.8) is 0 Å². The lowest BCUT2D eigenvalue weighted by Crippen LogP contribution is -2.54. The maximum atomic E-state index is 12.6. The molecular formula is C18H17N3O6. The van der Waals surface area contributed by atoms with Crippen LogP contribution in [-0.4, -0.2) is 45.6 Å². The second-order valence-corrected chi connectivity index (χ2v) is 6.26. The number of carboxylic acids is 1. The smallest absolute Gasteiger partial charge is 0.303 e. The molecule has 0 aromatic heterocycles. The topological polar surface area (TPSA) is 133 Å². The maximum absolute atomic E-state index is 12.6. The molecule has 27 heavy (non-hydrogen) atoms. The van der Waals surface area contributed by atoms with Gasteiger partial charge in [-0.15, -0.1) is 0 Å². The summed E-state index contributed by atoms with van der Waals surface area (Å²) in [4.78, 5) is 59.5. The number of imide groups is 2. The Bertz CT molecular complexity index is 876. The standard InChI is InChI=1S/C18H17N3O6/c22-14-6-5-13(17(26)20-14)21-15(23)9-12(18(21)27)19-11-3-1-2-10(8-11)4-7-16(24)25/h1-3,8-9,13,19H,4-7H2,(H,24,25)(H,20,22,26). The van der Waals surface area contributed by atoms with E-state index in [9.17, 15) is 24.0 Å². The van der Waals surface area contributed by atoms with Gasteiger partial charge in [0.2, 0.25) is 11.8 Å². The lowest BCUT2D eigenvalue weighted by Gasteiger charge is -2.28. The predicted octanol–water partition coefficient (Wildman–Crippen LogP) is 0.174. The number of aryl methyl sites for hydroxylation is 1. The van der Waals surface area contributed by atoms with Crippen LogP contribution in [0, 0.1) is 0 Å². The number of benzene rings is 1. The van der Waals surface area contributed by atoms with Crippen LogP contribution in [0.4, 0.5) is 5.69 Å². The van der Waals surface area contributed by atoms with Gasteiger partial charge < -0.3 is 10.4 Å². The summed E-state index contributed by atoms with van der Waals surface area (Å²) >= 11 is 0. The highest BCUT2D eigenvalue weighted by atomic mass is 16.4. The molecule has 0 aliphatic carbocycles. The molecule has 0 bridgehead atoms. The SMILES string of the molecule is O=C(O)CCc1cccc(NC2=CC(=O)N(C3CCC(=O)NC3=O)C2=O)c1. The molecule has 1 fully saturated rings. The quantitative estimate of drug-likeness (QED) is 0.607. The van der Waals surface area contributed by atoms with E-state index in [1.807, 2.05) is 0 Å². The molecule has 1 aromatic carbocycles. The average molecular weight is 371 g/mol. The van der Waals surface area contributed by atoms with Gasteiger partial charge in [0.1, 0.15) is 11.7 Å². The van der Waals surface area contributed by atoms with E-state index in [4.69, 9.17) is 5.11 Å². The number of carbonyl (C=O) groups excluding carboxylic acids is 4. The maximum Gasteiger partial charge on any atom is 0.303 e. The van der Waals surface area contributed by atoms with Gasteiger partial charge in [0.25, 0.3) is 11.8 Å². The number of anilines is 1. The normalized spacial score (nSPS) is 19.8. The summed E-state index contributed by atoms with van der Waals surface area (Å²) < 4.78 is 0. The molecule has 2 heterocycles. The van der Waals surface area contributed by atoms with Gasteiger partial charge >= 0.3 is 5.97 Å². The van der Waals surface area contributed by atoms with Gasteiger partial charge in [0, 0.05) is 24.6 Å². The predicted molar refractivity (Wildman–Crippen MR) is 92.1 cm³/mol. The number of carboxylic acid groups (broad SMARTS) is 1. The number of nitrogens with zero attached hydrogens (tertiary/aromatic N) is 1. The fraction of sp³-hybridized carbons (Fsp3) is 0.278. The van der Waals surface area contributed by atoms with E-state index < -0.39 is 35.6 Å². The van der Waals surface area contributed by atoms with Crippen molar-refractivity contribution in [2.45, 2.75) is 31.7 Å². The number of nitrogens with one attached hydrogen (secondary N) is 2. The van der Waals surface area contributed by atoms with Crippen LogP contribution in [0.15, 0.2) is 36.0 Å². The number of hydrogen-bond donors (Lipinski definition) is 3. The van der Waals surface area contributed by atoms with Gasteiger partial charge in [0.05, 0.1) is 0 Å². The molecule has 1 saturated heterocycles. The van der Waals surface area contributed by atoms with E-state index in [1.54, 1.807) is 24.3 Å². The Hall–Kier alpha value is -3.49. The Balaban J connectivity index is 1.71. The second-order valence-electron chi connectivity index (χ2n) is 6.26. The molecule has 0 spiro atoms. The van der Waals surface area contributed by atoms with Gasteiger partial charge in [-0.1, -0.05) is 12.1 Å². The Labute approximate surface area is 154 Å². The number of carbonyl (C=O) groups is 5. The first kappa shape index (κ1) is 18.3. The van der Waals surface area contributed by atoms with Crippen molar-refractivity contribution >= 4 is 35.3 Å². The largest absolute Gasteiger partial charge is 0.481 e. The Kier molecular flexibility index (Phi) is 5.02. The Morgan fingerprint density at radius 3 is 2.74 bits per heavy atom. The van der Waals surface area contributed by atoms with E-state index in [2.05, 4.69) is 10.6 Å². The third kappa shape index (κ3) is 4.02. The zero-order chi connectivity index (χ0) is 19.6. The number of piperidine rings is 1. The minimum Gasteiger partial charge on any atom is -0.481 e. The summed E-state index contributed by atoms with van der Waals surface area (Å²) in [5, 5.41) is 13.7. The minimum atomic E-state index is -1.01.